The second kappa shape index (κ2) is 7.49. The third-order valence-corrected chi connectivity index (χ3v) is 3.79. The lowest BCUT2D eigenvalue weighted by Crippen LogP contribution is -2.28. The predicted octanol–water partition coefficient (Wildman–Crippen LogP) is 3.05. The largest absolute Gasteiger partial charge is 0.534 e. The van der Waals surface area contributed by atoms with Crippen molar-refractivity contribution in [2.24, 2.45) is 0 Å². The zero-order valence-corrected chi connectivity index (χ0v) is 12.8. The SMILES string of the molecule is C=CCc1cc(CCCC(=O)O)ccc1OS(=O)(=O)C(F)(F)F. The molecule has 1 rings (SSSR count). The number of carboxylic acids is 1. The number of hydrogen-bond donors (Lipinski definition) is 1. The number of benzene rings is 1. The van der Waals surface area contributed by atoms with E-state index in [1.807, 2.05) is 0 Å². The molecule has 0 saturated heterocycles. The molecule has 0 unspecified atom stereocenters. The Balaban J connectivity index is 3.00. The maximum Gasteiger partial charge on any atom is 0.534 e. The van der Waals surface area contributed by atoms with Gasteiger partial charge in [-0.25, -0.2) is 0 Å². The zero-order valence-electron chi connectivity index (χ0n) is 12.0. The molecule has 0 atom stereocenters. The number of aliphatic carboxylic acids is 1. The molecular weight excluding hydrogens is 337 g/mol. The summed E-state index contributed by atoms with van der Waals surface area (Å²) in [6.07, 6.45) is 2.20. The van der Waals surface area contributed by atoms with Crippen molar-refractivity contribution in [3.8, 4) is 5.75 Å². The third-order valence-electron chi connectivity index (χ3n) is 2.83. The van der Waals surface area contributed by atoms with Crippen LogP contribution >= 0.6 is 0 Å². The predicted molar refractivity (Wildman–Crippen MR) is 76.5 cm³/mol. The van der Waals surface area contributed by atoms with Crippen LogP contribution in [0.4, 0.5) is 13.2 Å². The number of aryl methyl sites for hydroxylation is 1. The van der Waals surface area contributed by atoms with Gasteiger partial charge in [0.2, 0.25) is 0 Å². The zero-order chi connectivity index (χ0) is 17.7. The summed E-state index contributed by atoms with van der Waals surface area (Å²) in [6, 6.07) is 4.00. The van der Waals surface area contributed by atoms with Gasteiger partial charge in [0.25, 0.3) is 0 Å². The fourth-order valence-corrected chi connectivity index (χ4v) is 2.29. The number of carbonyl (C=O) groups is 1. The summed E-state index contributed by atoms with van der Waals surface area (Å²) < 4.78 is 63.4. The van der Waals surface area contributed by atoms with Gasteiger partial charge in [-0.2, -0.15) is 21.6 Å². The minimum absolute atomic E-state index is 0.0442. The van der Waals surface area contributed by atoms with Crippen molar-refractivity contribution in [3.05, 3.63) is 42.0 Å². The number of allylic oxidation sites excluding steroid dienone is 1. The standard InChI is InChI=1S/C14H15F3O5S/c1-2-4-11-9-10(5-3-6-13(18)19)7-8-12(11)22-23(20,21)14(15,16)17/h2,7-9H,1,3-6H2,(H,18,19). The number of alkyl halides is 3. The van der Waals surface area contributed by atoms with Crippen LogP contribution < -0.4 is 4.18 Å². The van der Waals surface area contributed by atoms with E-state index in [4.69, 9.17) is 5.11 Å². The van der Waals surface area contributed by atoms with E-state index < -0.39 is 27.3 Å². The Morgan fingerprint density at radius 1 is 1.35 bits per heavy atom. The van der Waals surface area contributed by atoms with Crippen LogP contribution in [0, 0.1) is 0 Å². The van der Waals surface area contributed by atoms with E-state index in [9.17, 15) is 26.4 Å². The van der Waals surface area contributed by atoms with Crippen molar-refractivity contribution in [3.63, 3.8) is 0 Å². The summed E-state index contributed by atoms with van der Waals surface area (Å²) in [5.41, 5.74) is -4.63. The molecule has 0 saturated carbocycles. The molecule has 0 fully saturated rings. The van der Waals surface area contributed by atoms with Crippen molar-refractivity contribution in [2.45, 2.75) is 31.2 Å². The van der Waals surface area contributed by atoms with E-state index in [0.29, 0.717) is 18.4 Å². The van der Waals surface area contributed by atoms with Crippen molar-refractivity contribution >= 4 is 16.1 Å². The molecule has 0 spiro atoms. The smallest absolute Gasteiger partial charge is 0.481 e. The van der Waals surface area contributed by atoms with Gasteiger partial charge in [-0.15, -0.1) is 6.58 Å². The Kier molecular flexibility index (Phi) is 6.20. The Bertz CT molecular complexity index is 680. The van der Waals surface area contributed by atoms with Crippen LogP contribution in [0.2, 0.25) is 0 Å². The maximum absolute atomic E-state index is 12.4. The summed E-state index contributed by atoms with van der Waals surface area (Å²) in [5, 5.41) is 8.57. The molecule has 0 aliphatic heterocycles. The normalized spacial score (nSPS) is 12.0. The molecule has 0 bridgehead atoms. The summed E-state index contributed by atoms with van der Waals surface area (Å²) >= 11 is 0. The lowest BCUT2D eigenvalue weighted by atomic mass is 10.0. The lowest BCUT2D eigenvalue weighted by Gasteiger charge is -2.13. The molecule has 9 heteroatoms. The first-order chi connectivity index (χ1) is 10.6. The number of halogens is 3. The number of hydrogen-bond acceptors (Lipinski definition) is 4. The van der Waals surface area contributed by atoms with Gasteiger partial charge in [0.15, 0.2) is 0 Å². The average molecular weight is 352 g/mol. The molecule has 0 amide bonds. The average Bonchev–Trinajstić information content (AvgIpc) is 2.40. The van der Waals surface area contributed by atoms with Crippen LogP contribution in [0.15, 0.2) is 30.9 Å². The van der Waals surface area contributed by atoms with Gasteiger partial charge in [-0.1, -0.05) is 18.2 Å². The molecule has 0 heterocycles. The second-order valence-electron chi connectivity index (χ2n) is 4.67. The highest BCUT2D eigenvalue weighted by Crippen LogP contribution is 2.30. The van der Waals surface area contributed by atoms with Crippen LogP contribution in [0.1, 0.15) is 24.0 Å². The van der Waals surface area contributed by atoms with Gasteiger partial charge in [-0.3, -0.25) is 4.79 Å². The van der Waals surface area contributed by atoms with E-state index >= 15 is 0 Å². The first-order valence-corrected chi connectivity index (χ1v) is 7.93. The Labute approximate surface area is 131 Å². The second-order valence-corrected chi connectivity index (χ2v) is 6.20. The van der Waals surface area contributed by atoms with Gasteiger partial charge >= 0.3 is 21.6 Å². The Morgan fingerprint density at radius 3 is 2.52 bits per heavy atom. The van der Waals surface area contributed by atoms with Crippen LogP contribution in [0.25, 0.3) is 0 Å². The Morgan fingerprint density at radius 2 is 2.00 bits per heavy atom. The van der Waals surface area contributed by atoms with Crippen molar-refractivity contribution < 1.29 is 35.7 Å². The van der Waals surface area contributed by atoms with E-state index in [1.54, 1.807) is 0 Å². The van der Waals surface area contributed by atoms with E-state index in [-0.39, 0.29) is 18.4 Å². The minimum atomic E-state index is -5.74. The van der Waals surface area contributed by atoms with Crippen LogP contribution in [-0.2, 0) is 27.8 Å². The molecule has 0 radical (unpaired) electrons. The van der Waals surface area contributed by atoms with E-state index in [0.717, 1.165) is 6.07 Å². The van der Waals surface area contributed by atoms with E-state index in [2.05, 4.69) is 10.8 Å². The molecule has 1 N–H and O–H groups in total. The van der Waals surface area contributed by atoms with Crippen molar-refractivity contribution in [2.75, 3.05) is 0 Å². The van der Waals surface area contributed by atoms with Crippen LogP contribution in [0.5, 0.6) is 5.75 Å². The first kappa shape index (κ1) is 19.0. The Hall–Kier alpha value is -2.03. The summed E-state index contributed by atoms with van der Waals surface area (Å²) in [5.74, 6) is -1.38. The molecule has 128 valence electrons. The van der Waals surface area contributed by atoms with Crippen molar-refractivity contribution in [1.29, 1.82) is 0 Å². The van der Waals surface area contributed by atoms with E-state index in [1.165, 1.54) is 18.2 Å². The molecule has 0 aliphatic carbocycles. The summed E-state index contributed by atoms with van der Waals surface area (Å²) in [7, 11) is -5.74. The highest BCUT2D eigenvalue weighted by Gasteiger charge is 2.48. The topological polar surface area (TPSA) is 80.7 Å². The third kappa shape index (κ3) is 5.59. The quantitative estimate of drug-likeness (QED) is 0.442. The molecule has 1 aromatic carbocycles. The van der Waals surface area contributed by atoms with Gasteiger partial charge in [-0.05, 0) is 36.5 Å². The maximum atomic E-state index is 12.4. The number of carboxylic acid groups (broad SMARTS) is 1. The molecular formula is C14H15F3O5S. The fraction of sp³-hybridized carbons (Fsp3) is 0.357. The molecule has 0 aliphatic rings. The van der Waals surface area contributed by atoms with Crippen LogP contribution in [-0.4, -0.2) is 25.0 Å². The molecule has 0 aromatic heterocycles. The highest BCUT2D eigenvalue weighted by molar-refractivity contribution is 7.88. The first-order valence-electron chi connectivity index (χ1n) is 6.52. The van der Waals surface area contributed by atoms with Crippen LogP contribution in [0.3, 0.4) is 0 Å². The molecule has 5 nitrogen and oxygen atoms in total. The van der Waals surface area contributed by atoms with Gasteiger partial charge in [0, 0.05) is 6.42 Å². The van der Waals surface area contributed by atoms with Gasteiger partial charge < -0.3 is 9.29 Å². The lowest BCUT2D eigenvalue weighted by molar-refractivity contribution is -0.137. The summed E-state index contributed by atoms with van der Waals surface area (Å²) in [4.78, 5) is 10.5. The number of rotatable bonds is 8. The fourth-order valence-electron chi connectivity index (χ4n) is 1.79. The highest BCUT2D eigenvalue weighted by atomic mass is 32.2. The van der Waals surface area contributed by atoms with Crippen molar-refractivity contribution in [1.82, 2.24) is 0 Å². The molecule has 1 aromatic rings. The summed E-state index contributed by atoms with van der Waals surface area (Å²) in [6.45, 7) is 3.45. The minimum Gasteiger partial charge on any atom is -0.481 e. The van der Waals surface area contributed by atoms with Gasteiger partial charge in [0.1, 0.15) is 5.75 Å². The molecule has 23 heavy (non-hydrogen) atoms. The monoisotopic (exact) mass is 352 g/mol. The van der Waals surface area contributed by atoms with Gasteiger partial charge in [0.05, 0.1) is 0 Å².